The van der Waals surface area contributed by atoms with Gasteiger partial charge in [0, 0.05) is 12.8 Å². The quantitative estimate of drug-likeness (QED) is 0.0204. The van der Waals surface area contributed by atoms with Gasteiger partial charge < -0.3 is 27.9 Å². The predicted molar refractivity (Wildman–Crippen MR) is 204 cm³/mol. The van der Waals surface area contributed by atoms with E-state index >= 15 is 0 Å². The van der Waals surface area contributed by atoms with Crippen molar-refractivity contribution in [3.8, 4) is 0 Å². The third-order valence-corrected chi connectivity index (χ3v) is 9.75. The third-order valence-electron chi connectivity index (χ3n) is 8.79. The molecule has 0 amide bonds. The molecular weight excluding hydrogens is 653 g/mol. The molecule has 50 heavy (non-hydrogen) atoms. The zero-order valence-electron chi connectivity index (χ0n) is 33.1. The van der Waals surface area contributed by atoms with Crippen molar-refractivity contribution < 1.29 is 42.1 Å². The number of hydrogen-bond acceptors (Lipinski definition) is 8. The van der Waals surface area contributed by atoms with Crippen LogP contribution in [0.1, 0.15) is 181 Å². The van der Waals surface area contributed by atoms with Gasteiger partial charge >= 0.3 is 11.9 Å². The molecule has 9 nitrogen and oxygen atoms in total. The van der Waals surface area contributed by atoms with Crippen LogP contribution in [-0.2, 0) is 32.7 Å². The lowest BCUT2D eigenvalue weighted by Crippen LogP contribution is -2.37. The first kappa shape index (κ1) is 48.8. The number of carbonyl (C=O) groups excluding carboxylic acids is 2. The number of unbranched alkanes of at least 4 members (excludes halogenated alkanes) is 21. The Kier molecular flexibility index (Phi) is 32.7. The average Bonchev–Trinajstić information content (AvgIpc) is 3.06. The summed E-state index contributed by atoms with van der Waals surface area (Å²) in [4.78, 5) is 37.4. The molecule has 0 heterocycles. The Hall–Kier alpha value is -1.25. The number of nitrogens with zero attached hydrogens (tertiary/aromatic N) is 1. The van der Waals surface area contributed by atoms with E-state index in [1.165, 1.54) is 103 Å². The lowest BCUT2D eigenvalue weighted by molar-refractivity contribution is -0.870. The molecule has 0 aromatic carbocycles. The van der Waals surface area contributed by atoms with Crippen LogP contribution in [0, 0.1) is 0 Å². The molecule has 0 saturated carbocycles. The first-order valence-electron chi connectivity index (χ1n) is 20.4. The van der Waals surface area contributed by atoms with Gasteiger partial charge in [-0.3, -0.25) is 14.2 Å². The van der Waals surface area contributed by atoms with E-state index in [4.69, 9.17) is 18.5 Å². The monoisotopic (exact) mass is 732 g/mol. The van der Waals surface area contributed by atoms with Crippen molar-refractivity contribution in [1.82, 2.24) is 0 Å². The molecule has 0 N–H and O–H groups in total. The molecule has 10 heteroatoms. The molecule has 0 radical (unpaired) electrons. The minimum absolute atomic E-state index is 0.0286. The molecule has 0 saturated heterocycles. The number of quaternary nitrogens is 1. The summed E-state index contributed by atoms with van der Waals surface area (Å²) in [6, 6.07) is 0. The highest BCUT2D eigenvalue weighted by Gasteiger charge is 2.21. The van der Waals surface area contributed by atoms with Gasteiger partial charge in [-0.25, -0.2) is 0 Å². The lowest BCUT2D eigenvalue weighted by Gasteiger charge is -2.28. The van der Waals surface area contributed by atoms with Crippen molar-refractivity contribution in [2.75, 3.05) is 47.5 Å². The van der Waals surface area contributed by atoms with Crippen molar-refractivity contribution >= 4 is 19.8 Å². The summed E-state index contributed by atoms with van der Waals surface area (Å²) in [6.45, 7) is 4.20. The van der Waals surface area contributed by atoms with Crippen LogP contribution < -0.4 is 4.89 Å². The molecule has 0 bridgehead atoms. The van der Waals surface area contributed by atoms with E-state index in [-0.39, 0.29) is 32.0 Å². The second kappa shape index (κ2) is 33.6. The largest absolute Gasteiger partial charge is 0.756 e. The van der Waals surface area contributed by atoms with Crippen LogP contribution in [0.2, 0.25) is 0 Å². The van der Waals surface area contributed by atoms with Crippen molar-refractivity contribution in [1.29, 1.82) is 0 Å². The number of ether oxygens (including phenoxy) is 2. The normalized spacial score (nSPS) is 13.8. The van der Waals surface area contributed by atoms with E-state index < -0.39 is 26.5 Å². The van der Waals surface area contributed by atoms with Crippen LogP contribution in [0.4, 0.5) is 0 Å². The average molecular weight is 732 g/mol. The maximum absolute atomic E-state index is 12.6. The number of phosphoric ester groups is 1. The highest BCUT2D eigenvalue weighted by Crippen LogP contribution is 2.38. The number of rotatable bonds is 37. The van der Waals surface area contributed by atoms with Crippen LogP contribution in [0.25, 0.3) is 0 Å². The molecule has 0 aromatic rings. The van der Waals surface area contributed by atoms with Crippen molar-refractivity contribution in [2.24, 2.45) is 0 Å². The van der Waals surface area contributed by atoms with Gasteiger partial charge in [-0.05, 0) is 38.5 Å². The summed E-state index contributed by atoms with van der Waals surface area (Å²) in [5, 5.41) is 0. The first-order valence-corrected chi connectivity index (χ1v) is 21.9. The standard InChI is InChI=1S/C40H78NO8P/c1-6-8-10-12-14-16-18-19-20-21-23-24-26-28-30-32-39(42)46-36-38(37-48-50(44,45)47-35-34-41(3,4)5)49-40(43)33-31-29-27-25-22-17-15-13-11-9-7-2/h16,18,38H,6-15,17,19-37H2,1-5H3/b18-16+/t38-/m1/s1. The topological polar surface area (TPSA) is 111 Å². The van der Waals surface area contributed by atoms with Gasteiger partial charge in [-0.2, -0.15) is 0 Å². The van der Waals surface area contributed by atoms with E-state index in [0.29, 0.717) is 17.4 Å². The van der Waals surface area contributed by atoms with Gasteiger partial charge in [0.05, 0.1) is 27.7 Å². The molecule has 2 atom stereocenters. The van der Waals surface area contributed by atoms with Gasteiger partial charge in [0.15, 0.2) is 6.10 Å². The van der Waals surface area contributed by atoms with E-state index in [9.17, 15) is 19.0 Å². The summed E-state index contributed by atoms with van der Waals surface area (Å²) >= 11 is 0. The Morgan fingerprint density at radius 3 is 1.50 bits per heavy atom. The van der Waals surface area contributed by atoms with Crippen LogP contribution in [0.5, 0.6) is 0 Å². The summed E-state index contributed by atoms with van der Waals surface area (Å²) in [6.07, 6.45) is 32.3. The highest BCUT2D eigenvalue weighted by atomic mass is 31.2. The molecule has 0 rings (SSSR count). The second-order valence-corrected chi connectivity index (χ2v) is 16.4. The van der Waals surface area contributed by atoms with Crippen LogP contribution in [0.15, 0.2) is 12.2 Å². The Balaban J connectivity index is 4.37. The fourth-order valence-corrected chi connectivity index (χ4v) is 6.26. The zero-order valence-corrected chi connectivity index (χ0v) is 34.0. The summed E-state index contributed by atoms with van der Waals surface area (Å²) < 4.78 is 33.8. The van der Waals surface area contributed by atoms with E-state index in [1.54, 1.807) is 0 Å². The van der Waals surface area contributed by atoms with E-state index in [0.717, 1.165) is 44.9 Å². The molecule has 0 aliphatic carbocycles. The summed E-state index contributed by atoms with van der Waals surface area (Å²) in [5.74, 6) is -0.835. The lowest BCUT2D eigenvalue weighted by atomic mass is 10.1. The maximum Gasteiger partial charge on any atom is 0.306 e. The zero-order chi connectivity index (χ0) is 37.2. The second-order valence-electron chi connectivity index (χ2n) is 15.0. The number of carbonyl (C=O) groups is 2. The number of likely N-dealkylation sites (N-methyl/N-ethyl adjacent to an activating group) is 1. The van der Waals surface area contributed by atoms with Crippen molar-refractivity contribution in [3.63, 3.8) is 0 Å². The SMILES string of the molecule is CCCCCC/C=C/CCCCCCCCCC(=O)OC[C@H](COP(=O)([O-])OCC[N+](C)(C)C)OC(=O)CCCCCCCCCCCCC. The van der Waals surface area contributed by atoms with Gasteiger partial charge in [-0.15, -0.1) is 0 Å². The number of hydrogen-bond donors (Lipinski definition) is 0. The summed E-state index contributed by atoms with van der Waals surface area (Å²) in [5.41, 5.74) is 0. The Bertz CT molecular complexity index is 876. The minimum atomic E-state index is -4.61. The fraction of sp³-hybridized carbons (Fsp3) is 0.900. The Morgan fingerprint density at radius 1 is 0.600 bits per heavy atom. The Morgan fingerprint density at radius 2 is 1.02 bits per heavy atom. The van der Waals surface area contributed by atoms with Crippen molar-refractivity contribution in [2.45, 2.75) is 187 Å². The van der Waals surface area contributed by atoms with Crippen LogP contribution in [0.3, 0.4) is 0 Å². The molecule has 0 fully saturated rings. The Labute approximate surface area is 307 Å². The van der Waals surface area contributed by atoms with E-state index in [2.05, 4.69) is 26.0 Å². The maximum atomic E-state index is 12.6. The molecule has 296 valence electrons. The summed E-state index contributed by atoms with van der Waals surface area (Å²) in [7, 11) is 1.17. The fourth-order valence-electron chi connectivity index (χ4n) is 5.53. The molecule has 1 unspecified atom stereocenters. The molecule has 0 aliphatic rings. The van der Waals surface area contributed by atoms with Gasteiger partial charge in [0.1, 0.15) is 19.8 Å². The number of esters is 2. The van der Waals surface area contributed by atoms with Gasteiger partial charge in [0.2, 0.25) is 0 Å². The smallest absolute Gasteiger partial charge is 0.306 e. The minimum Gasteiger partial charge on any atom is -0.756 e. The van der Waals surface area contributed by atoms with Crippen LogP contribution in [-0.4, -0.2) is 70.0 Å². The molecular formula is C40H78NO8P. The molecule has 0 spiro atoms. The van der Waals surface area contributed by atoms with Gasteiger partial charge in [0.25, 0.3) is 7.82 Å². The van der Waals surface area contributed by atoms with Gasteiger partial charge in [-0.1, -0.05) is 142 Å². The molecule has 0 aromatic heterocycles. The van der Waals surface area contributed by atoms with E-state index in [1.807, 2.05) is 21.1 Å². The first-order chi connectivity index (χ1) is 24.0. The number of phosphoric acid groups is 1. The highest BCUT2D eigenvalue weighted by molar-refractivity contribution is 7.45. The predicted octanol–water partition coefficient (Wildman–Crippen LogP) is 10.4. The number of allylic oxidation sites excluding steroid dienone is 2. The van der Waals surface area contributed by atoms with Crippen molar-refractivity contribution in [3.05, 3.63) is 12.2 Å². The molecule has 0 aliphatic heterocycles. The third kappa shape index (κ3) is 36.5. The van der Waals surface area contributed by atoms with Crippen LogP contribution >= 0.6 is 7.82 Å².